The molecule has 0 aromatic heterocycles. The number of nitrogens with one attached hydrogen (secondary N) is 1. The predicted octanol–water partition coefficient (Wildman–Crippen LogP) is -1.50. The van der Waals surface area contributed by atoms with Gasteiger partial charge >= 0.3 is 0 Å². The Kier molecular flexibility index (Phi) is 2.91. The molecule has 0 aromatic rings. The molecule has 0 rings (SSSR count). The predicted molar refractivity (Wildman–Crippen MR) is 32.4 cm³/mol. The fraction of sp³-hybridized carbons (Fsp3) is 0.400. The molecule has 2 amide bonds. The van der Waals surface area contributed by atoms with E-state index in [2.05, 4.69) is 5.32 Å². The van der Waals surface area contributed by atoms with Crippen molar-refractivity contribution in [1.29, 1.82) is 5.26 Å². The van der Waals surface area contributed by atoms with Crippen LogP contribution in [0.4, 0.5) is 0 Å². The summed E-state index contributed by atoms with van der Waals surface area (Å²) in [5.74, 6) is -1.30. The van der Waals surface area contributed by atoms with Crippen molar-refractivity contribution in [3.05, 3.63) is 0 Å². The minimum Gasteiger partial charge on any atom is -0.367 e. The molecule has 10 heavy (non-hydrogen) atoms. The second kappa shape index (κ2) is 3.45. The Balaban J connectivity index is 4.00. The Bertz CT molecular complexity index is 194. The average Bonchev–Trinajstić information content (AvgIpc) is 1.81. The first-order valence-electron chi connectivity index (χ1n) is 2.54. The normalized spacial score (nSPS) is 11.2. The van der Waals surface area contributed by atoms with Crippen molar-refractivity contribution in [3.63, 3.8) is 0 Å². The fourth-order valence-corrected chi connectivity index (χ4v) is 0.370. The molecular formula is C5H7N3O2. The lowest BCUT2D eigenvalue weighted by atomic mass is 10.3. The summed E-state index contributed by atoms with van der Waals surface area (Å²) >= 11 is 0. The number of hydrogen-bond donors (Lipinski definition) is 2. The highest BCUT2D eigenvalue weighted by Crippen LogP contribution is 1.77. The van der Waals surface area contributed by atoms with Crippen molar-refractivity contribution in [3.8, 4) is 6.07 Å². The van der Waals surface area contributed by atoms with Crippen molar-refractivity contribution >= 4 is 11.8 Å². The largest absolute Gasteiger partial charge is 0.367 e. The Hall–Kier alpha value is -1.57. The van der Waals surface area contributed by atoms with E-state index in [1.165, 1.54) is 13.0 Å². The number of rotatable bonds is 2. The van der Waals surface area contributed by atoms with Crippen LogP contribution in [-0.4, -0.2) is 17.9 Å². The smallest absolute Gasteiger partial charge is 0.254 e. The number of carbonyl (C=O) groups is 2. The molecular weight excluding hydrogens is 134 g/mol. The number of amides is 2. The van der Waals surface area contributed by atoms with Gasteiger partial charge in [0.2, 0.25) is 5.91 Å². The highest BCUT2D eigenvalue weighted by molar-refractivity contribution is 5.87. The van der Waals surface area contributed by atoms with Gasteiger partial charge in [0.05, 0.1) is 6.07 Å². The summed E-state index contributed by atoms with van der Waals surface area (Å²) in [6, 6.07) is 0.316. The minimum atomic E-state index is -1.21. The van der Waals surface area contributed by atoms with E-state index < -0.39 is 17.9 Å². The number of primary amides is 1. The summed E-state index contributed by atoms with van der Waals surface area (Å²) in [5, 5.41) is 10.2. The molecule has 0 saturated carbocycles. The first-order valence-corrected chi connectivity index (χ1v) is 2.54. The molecule has 0 bridgehead atoms. The number of carbonyl (C=O) groups excluding carboxylic acids is 2. The molecule has 0 aliphatic rings. The summed E-state index contributed by atoms with van der Waals surface area (Å²) in [7, 11) is 0. The number of nitriles is 1. The van der Waals surface area contributed by atoms with Gasteiger partial charge in [-0.1, -0.05) is 0 Å². The van der Waals surface area contributed by atoms with E-state index in [-0.39, 0.29) is 0 Å². The van der Waals surface area contributed by atoms with Crippen LogP contribution >= 0.6 is 0 Å². The lowest BCUT2D eigenvalue weighted by molar-refractivity contribution is -0.124. The molecule has 1 unspecified atom stereocenters. The molecule has 0 spiro atoms. The van der Waals surface area contributed by atoms with Gasteiger partial charge in [-0.05, 0) is 0 Å². The minimum absolute atomic E-state index is 0.453. The second-order valence-corrected chi connectivity index (χ2v) is 1.67. The van der Waals surface area contributed by atoms with Crippen molar-refractivity contribution in [2.45, 2.75) is 13.0 Å². The van der Waals surface area contributed by atoms with Crippen LogP contribution < -0.4 is 11.1 Å². The van der Waals surface area contributed by atoms with E-state index in [9.17, 15) is 9.59 Å². The van der Waals surface area contributed by atoms with E-state index in [0.29, 0.717) is 0 Å². The van der Waals surface area contributed by atoms with Crippen LogP contribution in [0, 0.1) is 11.3 Å². The summed E-state index contributed by atoms with van der Waals surface area (Å²) in [5.41, 5.74) is 4.72. The maximum absolute atomic E-state index is 10.3. The van der Waals surface area contributed by atoms with Crippen molar-refractivity contribution in [2.24, 2.45) is 5.73 Å². The van der Waals surface area contributed by atoms with Crippen LogP contribution in [0.25, 0.3) is 0 Å². The van der Waals surface area contributed by atoms with Crippen LogP contribution in [0.1, 0.15) is 6.92 Å². The van der Waals surface area contributed by atoms with Crippen LogP contribution in [-0.2, 0) is 9.59 Å². The molecule has 5 nitrogen and oxygen atoms in total. The van der Waals surface area contributed by atoms with Crippen molar-refractivity contribution in [1.82, 2.24) is 5.32 Å². The number of hydrogen-bond acceptors (Lipinski definition) is 3. The summed E-state index contributed by atoms with van der Waals surface area (Å²) in [6.07, 6.45) is 0. The molecule has 0 aromatic carbocycles. The van der Waals surface area contributed by atoms with Crippen LogP contribution in [0.15, 0.2) is 0 Å². The summed E-state index contributed by atoms with van der Waals surface area (Å²) in [4.78, 5) is 20.5. The van der Waals surface area contributed by atoms with Gasteiger partial charge in [0.25, 0.3) is 5.91 Å². The summed E-state index contributed by atoms with van der Waals surface area (Å²) in [6.45, 7) is 1.20. The molecule has 1 atom stereocenters. The van der Waals surface area contributed by atoms with Crippen molar-refractivity contribution in [2.75, 3.05) is 0 Å². The van der Waals surface area contributed by atoms with Gasteiger partial charge in [0.15, 0.2) is 6.04 Å². The van der Waals surface area contributed by atoms with Gasteiger partial charge in [0, 0.05) is 6.92 Å². The first kappa shape index (κ1) is 8.43. The molecule has 0 radical (unpaired) electrons. The highest BCUT2D eigenvalue weighted by atomic mass is 16.2. The number of nitrogens with zero attached hydrogens (tertiary/aromatic N) is 1. The third kappa shape index (κ3) is 2.67. The third-order valence-electron chi connectivity index (χ3n) is 0.761. The second-order valence-electron chi connectivity index (χ2n) is 1.67. The fourth-order valence-electron chi connectivity index (χ4n) is 0.370. The molecule has 3 N–H and O–H groups in total. The molecule has 0 saturated heterocycles. The maximum Gasteiger partial charge on any atom is 0.254 e. The highest BCUT2D eigenvalue weighted by Gasteiger charge is 2.13. The Morgan fingerprint density at radius 1 is 1.70 bits per heavy atom. The van der Waals surface area contributed by atoms with Gasteiger partial charge in [-0.25, -0.2) is 0 Å². The molecule has 0 fully saturated rings. The van der Waals surface area contributed by atoms with Gasteiger partial charge < -0.3 is 11.1 Å². The van der Waals surface area contributed by atoms with Crippen LogP contribution in [0.5, 0.6) is 0 Å². The molecule has 54 valence electrons. The molecule has 0 heterocycles. The summed E-state index contributed by atoms with van der Waals surface area (Å²) < 4.78 is 0. The number of nitrogens with two attached hydrogens (primary N) is 1. The van der Waals surface area contributed by atoms with Gasteiger partial charge in [-0.15, -0.1) is 0 Å². The Morgan fingerprint density at radius 2 is 2.20 bits per heavy atom. The van der Waals surface area contributed by atoms with Gasteiger partial charge in [0.1, 0.15) is 0 Å². The van der Waals surface area contributed by atoms with E-state index in [4.69, 9.17) is 11.0 Å². The van der Waals surface area contributed by atoms with Gasteiger partial charge in [-0.3, -0.25) is 9.59 Å². The van der Waals surface area contributed by atoms with E-state index in [0.717, 1.165) is 0 Å². The van der Waals surface area contributed by atoms with E-state index in [1.54, 1.807) is 0 Å². The lowest BCUT2D eigenvalue weighted by Crippen LogP contribution is -2.42. The van der Waals surface area contributed by atoms with Gasteiger partial charge in [-0.2, -0.15) is 5.26 Å². The van der Waals surface area contributed by atoms with Crippen LogP contribution in [0.2, 0.25) is 0 Å². The molecule has 5 heteroatoms. The topological polar surface area (TPSA) is 96.0 Å². The van der Waals surface area contributed by atoms with E-state index >= 15 is 0 Å². The zero-order valence-electron chi connectivity index (χ0n) is 5.42. The Morgan fingerprint density at radius 3 is 2.30 bits per heavy atom. The monoisotopic (exact) mass is 141 g/mol. The SMILES string of the molecule is CC(=O)NC(C#N)C(N)=O. The molecule has 0 aliphatic carbocycles. The van der Waals surface area contributed by atoms with Crippen LogP contribution in [0.3, 0.4) is 0 Å². The zero-order chi connectivity index (χ0) is 8.15. The average molecular weight is 141 g/mol. The third-order valence-corrected chi connectivity index (χ3v) is 0.761. The standard InChI is InChI=1S/C5H7N3O2/c1-3(9)8-4(2-6)5(7)10/h4H,1H3,(H2,7,10)(H,8,9). The maximum atomic E-state index is 10.3. The molecule has 0 aliphatic heterocycles. The van der Waals surface area contributed by atoms with Crippen molar-refractivity contribution < 1.29 is 9.59 Å². The lowest BCUT2D eigenvalue weighted by Gasteiger charge is -2.02. The zero-order valence-corrected chi connectivity index (χ0v) is 5.42. The Labute approximate surface area is 57.8 Å². The van der Waals surface area contributed by atoms with E-state index in [1.807, 2.05) is 0 Å². The first-order chi connectivity index (χ1) is 4.57. The quantitative estimate of drug-likeness (QED) is 0.489.